The van der Waals surface area contributed by atoms with Crippen molar-refractivity contribution in [3.05, 3.63) is 53.3 Å². The number of aromatic nitrogens is 1. The van der Waals surface area contributed by atoms with E-state index in [4.69, 9.17) is 17.3 Å². The smallest absolute Gasteiger partial charge is 0.131 e. The van der Waals surface area contributed by atoms with Crippen molar-refractivity contribution in [2.75, 3.05) is 5.73 Å². The number of pyridine rings is 1. The van der Waals surface area contributed by atoms with Crippen LogP contribution in [0.5, 0.6) is 0 Å². The lowest BCUT2D eigenvalue weighted by molar-refractivity contribution is 1.31. The lowest BCUT2D eigenvalue weighted by atomic mass is 10.1. The molecular formula is C13H12ClN3. The first kappa shape index (κ1) is 11.6. The molecule has 3 nitrogen and oxygen atoms in total. The van der Waals surface area contributed by atoms with E-state index in [9.17, 15) is 0 Å². The molecule has 2 N–H and O–H groups in total. The number of benzene rings is 1. The summed E-state index contributed by atoms with van der Waals surface area (Å²) < 4.78 is 0. The number of rotatable bonds is 2. The van der Waals surface area contributed by atoms with Gasteiger partial charge < -0.3 is 5.73 Å². The average Bonchev–Trinajstić information content (AvgIpc) is 2.30. The zero-order valence-corrected chi connectivity index (χ0v) is 10.1. The summed E-state index contributed by atoms with van der Waals surface area (Å²) in [7, 11) is 0. The summed E-state index contributed by atoms with van der Waals surface area (Å²) in [6.07, 6.45) is 1.64. The van der Waals surface area contributed by atoms with E-state index in [-0.39, 0.29) is 0 Å². The van der Waals surface area contributed by atoms with Crippen LogP contribution in [-0.4, -0.2) is 10.7 Å². The molecule has 17 heavy (non-hydrogen) atoms. The SMILES string of the molecule is CC(=Nc1ccccc1)c1cnc(Cl)cc1N. The third kappa shape index (κ3) is 2.82. The van der Waals surface area contributed by atoms with Crippen LogP contribution in [0.3, 0.4) is 0 Å². The Kier molecular flexibility index (Phi) is 3.40. The van der Waals surface area contributed by atoms with Gasteiger partial charge in [0.1, 0.15) is 5.15 Å². The molecule has 0 aliphatic heterocycles. The summed E-state index contributed by atoms with van der Waals surface area (Å²) in [6.45, 7) is 1.90. The molecule has 1 aromatic carbocycles. The molecular weight excluding hydrogens is 234 g/mol. The Balaban J connectivity index is 2.37. The van der Waals surface area contributed by atoms with Crippen molar-refractivity contribution < 1.29 is 0 Å². The first-order valence-corrected chi connectivity index (χ1v) is 5.56. The fourth-order valence-electron chi connectivity index (χ4n) is 1.50. The van der Waals surface area contributed by atoms with E-state index in [2.05, 4.69) is 9.98 Å². The van der Waals surface area contributed by atoms with Crippen LogP contribution in [0.1, 0.15) is 12.5 Å². The molecule has 0 amide bonds. The van der Waals surface area contributed by atoms with Crippen molar-refractivity contribution >= 4 is 28.7 Å². The van der Waals surface area contributed by atoms with Gasteiger partial charge in [0.05, 0.1) is 5.69 Å². The predicted molar refractivity (Wildman–Crippen MR) is 72.0 cm³/mol. The highest BCUT2D eigenvalue weighted by molar-refractivity contribution is 6.29. The highest BCUT2D eigenvalue weighted by Gasteiger charge is 2.04. The van der Waals surface area contributed by atoms with E-state index >= 15 is 0 Å². The number of nitrogens with two attached hydrogens (primary N) is 1. The van der Waals surface area contributed by atoms with Crippen LogP contribution in [0.2, 0.25) is 5.15 Å². The Morgan fingerprint density at radius 1 is 1.29 bits per heavy atom. The number of hydrogen-bond donors (Lipinski definition) is 1. The van der Waals surface area contributed by atoms with Gasteiger partial charge in [-0.2, -0.15) is 0 Å². The Morgan fingerprint density at radius 2 is 2.00 bits per heavy atom. The highest BCUT2D eigenvalue weighted by atomic mass is 35.5. The zero-order valence-electron chi connectivity index (χ0n) is 9.39. The Labute approximate surface area is 105 Å². The molecule has 2 aromatic rings. The molecule has 0 bridgehead atoms. The Hall–Kier alpha value is -1.87. The second kappa shape index (κ2) is 4.97. The maximum absolute atomic E-state index is 5.87. The first-order valence-electron chi connectivity index (χ1n) is 5.18. The minimum Gasteiger partial charge on any atom is -0.398 e. The average molecular weight is 246 g/mol. The van der Waals surface area contributed by atoms with Crippen LogP contribution in [0, 0.1) is 0 Å². The Bertz CT molecular complexity index is 550. The van der Waals surface area contributed by atoms with Crippen LogP contribution in [-0.2, 0) is 0 Å². The number of hydrogen-bond acceptors (Lipinski definition) is 3. The summed E-state index contributed by atoms with van der Waals surface area (Å²) in [4.78, 5) is 8.48. The first-order chi connectivity index (χ1) is 8.16. The maximum Gasteiger partial charge on any atom is 0.131 e. The predicted octanol–water partition coefficient (Wildman–Crippen LogP) is 3.46. The number of nitrogen functional groups attached to an aromatic ring is 1. The molecule has 2 rings (SSSR count). The Morgan fingerprint density at radius 3 is 2.65 bits per heavy atom. The van der Waals surface area contributed by atoms with Crippen molar-refractivity contribution in [2.24, 2.45) is 4.99 Å². The maximum atomic E-state index is 5.87. The van der Waals surface area contributed by atoms with E-state index in [0.29, 0.717) is 10.8 Å². The third-order valence-electron chi connectivity index (χ3n) is 2.35. The van der Waals surface area contributed by atoms with Crippen LogP contribution < -0.4 is 5.73 Å². The largest absolute Gasteiger partial charge is 0.398 e. The molecule has 0 spiro atoms. The quantitative estimate of drug-likeness (QED) is 0.651. The van der Waals surface area contributed by atoms with Gasteiger partial charge in [-0.15, -0.1) is 0 Å². The van der Waals surface area contributed by atoms with Crippen LogP contribution in [0.4, 0.5) is 11.4 Å². The van der Waals surface area contributed by atoms with Gasteiger partial charge in [-0.1, -0.05) is 29.8 Å². The van der Waals surface area contributed by atoms with E-state index in [1.807, 2.05) is 37.3 Å². The van der Waals surface area contributed by atoms with Gasteiger partial charge in [0.25, 0.3) is 0 Å². The third-order valence-corrected chi connectivity index (χ3v) is 2.55. The van der Waals surface area contributed by atoms with Crippen molar-refractivity contribution in [1.82, 2.24) is 4.98 Å². The molecule has 4 heteroatoms. The molecule has 0 aliphatic carbocycles. The molecule has 0 fully saturated rings. The lowest BCUT2D eigenvalue weighted by Gasteiger charge is -2.05. The molecule has 0 aliphatic rings. The molecule has 0 unspecified atom stereocenters. The van der Waals surface area contributed by atoms with E-state index in [1.165, 1.54) is 0 Å². The molecule has 0 saturated carbocycles. The lowest BCUT2D eigenvalue weighted by Crippen LogP contribution is -2.01. The van der Waals surface area contributed by atoms with Gasteiger partial charge in [-0.25, -0.2) is 4.98 Å². The molecule has 0 radical (unpaired) electrons. The highest BCUT2D eigenvalue weighted by Crippen LogP contribution is 2.18. The standard InChI is InChI=1S/C13H12ClN3/c1-9(17-10-5-3-2-4-6-10)11-8-16-13(14)7-12(11)15/h2-8H,1H3,(H2,15,16). The van der Waals surface area contributed by atoms with E-state index in [1.54, 1.807) is 12.3 Å². The van der Waals surface area contributed by atoms with E-state index < -0.39 is 0 Å². The summed E-state index contributed by atoms with van der Waals surface area (Å²) in [5.74, 6) is 0. The fourth-order valence-corrected chi connectivity index (χ4v) is 1.67. The second-order valence-corrected chi connectivity index (χ2v) is 4.01. The van der Waals surface area contributed by atoms with Gasteiger partial charge >= 0.3 is 0 Å². The minimum absolute atomic E-state index is 0.388. The zero-order chi connectivity index (χ0) is 12.3. The minimum atomic E-state index is 0.388. The summed E-state index contributed by atoms with van der Waals surface area (Å²) in [5, 5.41) is 0.388. The van der Waals surface area contributed by atoms with Gasteiger partial charge in [-0.3, -0.25) is 4.99 Å². The van der Waals surface area contributed by atoms with Crippen LogP contribution in [0.15, 0.2) is 47.6 Å². The molecule has 1 heterocycles. The summed E-state index contributed by atoms with van der Waals surface area (Å²) >= 11 is 5.75. The van der Waals surface area contributed by atoms with Gasteiger partial charge in [0.2, 0.25) is 0 Å². The number of aliphatic imine (C=N–C) groups is 1. The van der Waals surface area contributed by atoms with Gasteiger partial charge in [-0.05, 0) is 25.1 Å². The summed E-state index contributed by atoms with van der Waals surface area (Å²) in [6, 6.07) is 11.3. The van der Waals surface area contributed by atoms with Crippen molar-refractivity contribution in [2.45, 2.75) is 6.92 Å². The number of para-hydroxylation sites is 1. The number of nitrogens with zero attached hydrogens (tertiary/aromatic N) is 2. The van der Waals surface area contributed by atoms with Gasteiger partial charge in [0.15, 0.2) is 0 Å². The molecule has 0 atom stereocenters. The van der Waals surface area contributed by atoms with E-state index in [0.717, 1.165) is 17.0 Å². The van der Waals surface area contributed by atoms with Crippen molar-refractivity contribution in [1.29, 1.82) is 0 Å². The number of anilines is 1. The fraction of sp³-hybridized carbons (Fsp3) is 0.0769. The molecule has 1 aromatic heterocycles. The normalized spacial score (nSPS) is 11.5. The van der Waals surface area contributed by atoms with Crippen LogP contribution >= 0.6 is 11.6 Å². The topological polar surface area (TPSA) is 51.3 Å². The van der Waals surface area contributed by atoms with Crippen molar-refractivity contribution in [3.63, 3.8) is 0 Å². The molecule has 0 saturated heterocycles. The summed E-state index contributed by atoms with van der Waals surface area (Å²) in [5.41, 5.74) is 8.97. The van der Waals surface area contributed by atoms with Gasteiger partial charge in [0, 0.05) is 23.2 Å². The number of halogens is 1. The second-order valence-electron chi connectivity index (χ2n) is 3.63. The monoisotopic (exact) mass is 245 g/mol. The van der Waals surface area contributed by atoms with Crippen molar-refractivity contribution in [3.8, 4) is 0 Å². The molecule has 86 valence electrons. The van der Waals surface area contributed by atoms with Crippen LogP contribution in [0.25, 0.3) is 0 Å².